The summed E-state index contributed by atoms with van der Waals surface area (Å²) >= 11 is 0. The molecule has 5 nitrogen and oxygen atoms in total. The van der Waals surface area contributed by atoms with Crippen LogP contribution in [0.25, 0.3) is 0 Å². The molecule has 6 heteroatoms. The Labute approximate surface area is 161 Å². The quantitative estimate of drug-likeness (QED) is 0.859. The molecule has 1 atom stereocenters. The highest BCUT2D eigenvalue weighted by atomic mass is 32.2. The molecule has 0 bridgehead atoms. The van der Waals surface area contributed by atoms with E-state index in [0.717, 1.165) is 36.1 Å². The fourth-order valence-electron chi connectivity index (χ4n) is 3.49. The Kier molecular flexibility index (Phi) is 5.67. The molecule has 0 aliphatic carbocycles. The maximum absolute atomic E-state index is 12.9. The molecule has 0 spiro atoms. The third-order valence-corrected chi connectivity index (χ3v) is 7.12. The van der Waals surface area contributed by atoms with E-state index >= 15 is 0 Å². The lowest BCUT2D eigenvalue weighted by molar-refractivity contribution is 0.102. The lowest BCUT2D eigenvalue weighted by Gasteiger charge is -2.32. The minimum atomic E-state index is -3.52. The van der Waals surface area contributed by atoms with Gasteiger partial charge >= 0.3 is 0 Å². The van der Waals surface area contributed by atoms with Gasteiger partial charge in [-0.2, -0.15) is 4.31 Å². The van der Waals surface area contributed by atoms with Gasteiger partial charge in [-0.3, -0.25) is 4.79 Å². The van der Waals surface area contributed by atoms with Gasteiger partial charge in [0.05, 0.1) is 4.90 Å². The molecule has 144 valence electrons. The first kappa shape index (κ1) is 19.6. The van der Waals surface area contributed by atoms with Gasteiger partial charge in [0, 0.05) is 23.8 Å². The zero-order valence-electron chi connectivity index (χ0n) is 16.0. The van der Waals surface area contributed by atoms with Gasteiger partial charge < -0.3 is 5.32 Å². The Morgan fingerprint density at radius 3 is 2.41 bits per heavy atom. The van der Waals surface area contributed by atoms with E-state index in [1.165, 1.54) is 12.1 Å². The normalized spacial score (nSPS) is 18.3. The van der Waals surface area contributed by atoms with Crippen molar-refractivity contribution in [3.63, 3.8) is 0 Å². The highest BCUT2D eigenvalue weighted by molar-refractivity contribution is 7.89. The highest BCUT2D eigenvalue weighted by Gasteiger charge is 2.30. The van der Waals surface area contributed by atoms with Crippen LogP contribution >= 0.6 is 0 Å². The summed E-state index contributed by atoms with van der Waals surface area (Å²) in [5, 5.41) is 2.88. The maximum atomic E-state index is 12.9. The predicted molar refractivity (Wildman–Crippen MR) is 108 cm³/mol. The number of amides is 1. The fraction of sp³-hybridized carbons (Fsp3) is 0.381. The SMILES string of the molecule is Cc1ccc(NC(=O)c2ccc(S(=O)(=O)N3CCCCC3C)cc2)c(C)c1. The molecule has 3 rings (SSSR count). The van der Waals surface area contributed by atoms with Crippen LogP contribution in [-0.4, -0.2) is 31.2 Å². The molecule has 1 amide bonds. The molecular formula is C21H26N2O3S. The molecular weight excluding hydrogens is 360 g/mol. The zero-order chi connectivity index (χ0) is 19.6. The van der Waals surface area contributed by atoms with Crippen LogP contribution in [0.4, 0.5) is 5.69 Å². The van der Waals surface area contributed by atoms with Crippen LogP contribution in [0.2, 0.25) is 0 Å². The van der Waals surface area contributed by atoms with Crippen molar-refractivity contribution in [1.29, 1.82) is 0 Å². The number of piperidine rings is 1. The Morgan fingerprint density at radius 1 is 1.07 bits per heavy atom. The summed E-state index contributed by atoms with van der Waals surface area (Å²) in [6.07, 6.45) is 2.83. The number of nitrogens with zero attached hydrogens (tertiary/aromatic N) is 1. The van der Waals surface area contributed by atoms with Crippen molar-refractivity contribution >= 4 is 21.6 Å². The first-order chi connectivity index (χ1) is 12.8. The van der Waals surface area contributed by atoms with Crippen LogP contribution in [0.15, 0.2) is 47.4 Å². The molecule has 1 unspecified atom stereocenters. The van der Waals surface area contributed by atoms with E-state index in [9.17, 15) is 13.2 Å². The van der Waals surface area contributed by atoms with Crippen LogP contribution in [0.5, 0.6) is 0 Å². The van der Waals surface area contributed by atoms with Gasteiger partial charge in [0.1, 0.15) is 0 Å². The second-order valence-corrected chi connectivity index (χ2v) is 9.15. The molecule has 2 aromatic rings. The molecule has 2 aromatic carbocycles. The van der Waals surface area contributed by atoms with E-state index in [-0.39, 0.29) is 16.8 Å². The van der Waals surface area contributed by atoms with Crippen LogP contribution in [0.3, 0.4) is 0 Å². The van der Waals surface area contributed by atoms with E-state index in [1.54, 1.807) is 16.4 Å². The topological polar surface area (TPSA) is 66.5 Å². The van der Waals surface area contributed by atoms with Gasteiger partial charge in [-0.05, 0) is 69.5 Å². The molecule has 1 heterocycles. The summed E-state index contributed by atoms with van der Waals surface area (Å²) in [5.74, 6) is -0.253. The number of carbonyl (C=O) groups excluding carboxylic acids is 1. The third kappa shape index (κ3) is 4.22. The lowest BCUT2D eigenvalue weighted by atomic mass is 10.1. The number of sulfonamides is 1. The monoisotopic (exact) mass is 386 g/mol. The second kappa shape index (κ2) is 7.82. The van der Waals surface area contributed by atoms with Crippen molar-refractivity contribution in [1.82, 2.24) is 4.31 Å². The van der Waals surface area contributed by atoms with Crippen LogP contribution in [0.1, 0.15) is 47.7 Å². The van der Waals surface area contributed by atoms with Crippen molar-refractivity contribution in [2.24, 2.45) is 0 Å². The van der Waals surface area contributed by atoms with E-state index in [4.69, 9.17) is 0 Å². The summed E-state index contributed by atoms with van der Waals surface area (Å²) in [5.41, 5.74) is 3.30. The number of hydrogen-bond donors (Lipinski definition) is 1. The minimum absolute atomic E-state index is 0.0104. The second-order valence-electron chi connectivity index (χ2n) is 7.26. The first-order valence-corrected chi connectivity index (χ1v) is 10.7. The molecule has 0 saturated carbocycles. The largest absolute Gasteiger partial charge is 0.322 e. The standard InChI is InChI=1S/C21H26N2O3S/c1-15-7-12-20(16(2)14-15)22-21(24)18-8-10-19(11-9-18)27(25,26)23-13-5-4-6-17(23)3/h7-12,14,17H,4-6,13H2,1-3H3,(H,22,24). The summed E-state index contributed by atoms with van der Waals surface area (Å²) in [6.45, 7) is 6.44. The molecule has 1 aliphatic heterocycles. The highest BCUT2D eigenvalue weighted by Crippen LogP contribution is 2.25. The molecule has 1 saturated heterocycles. The summed E-state index contributed by atoms with van der Waals surface area (Å²) in [6, 6.07) is 12.0. The summed E-state index contributed by atoms with van der Waals surface area (Å²) in [7, 11) is -3.52. The molecule has 0 aromatic heterocycles. The summed E-state index contributed by atoms with van der Waals surface area (Å²) < 4.78 is 27.3. The van der Waals surface area contributed by atoms with Crippen LogP contribution < -0.4 is 5.32 Å². The molecule has 27 heavy (non-hydrogen) atoms. The average Bonchev–Trinajstić information content (AvgIpc) is 2.64. The Morgan fingerprint density at radius 2 is 1.78 bits per heavy atom. The van der Waals surface area contributed by atoms with Crippen LogP contribution in [0, 0.1) is 13.8 Å². The van der Waals surface area contributed by atoms with Gasteiger partial charge in [-0.15, -0.1) is 0 Å². The van der Waals surface area contributed by atoms with Gasteiger partial charge in [0.2, 0.25) is 10.0 Å². The smallest absolute Gasteiger partial charge is 0.255 e. The van der Waals surface area contributed by atoms with Gasteiger partial charge in [-0.1, -0.05) is 24.1 Å². The summed E-state index contributed by atoms with van der Waals surface area (Å²) in [4.78, 5) is 12.7. The van der Waals surface area contributed by atoms with Gasteiger partial charge in [-0.25, -0.2) is 8.42 Å². The minimum Gasteiger partial charge on any atom is -0.322 e. The van der Waals surface area contributed by atoms with E-state index < -0.39 is 10.0 Å². The van der Waals surface area contributed by atoms with Gasteiger partial charge in [0.25, 0.3) is 5.91 Å². The fourth-order valence-corrected chi connectivity index (χ4v) is 5.19. The van der Waals surface area contributed by atoms with E-state index in [1.807, 2.05) is 39.0 Å². The number of nitrogens with one attached hydrogen (secondary N) is 1. The molecule has 1 N–H and O–H groups in total. The number of benzene rings is 2. The Balaban J connectivity index is 1.77. The number of aryl methyl sites for hydroxylation is 2. The van der Waals surface area contributed by atoms with E-state index in [2.05, 4.69) is 5.32 Å². The van der Waals surface area contributed by atoms with Crippen LogP contribution in [-0.2, 0) is 10.0 Å². The van der Waals surface area contributed by atoms with Crippen molar-refractivity contribution in [3.8, 4) is 0 Å². The maximum Gasteiger partial charge on any atom is 0.255 e. The first-order valence-electron chi connectivity index (χ1n) is 9.29. The van der Waals surface area contributed by atoms with Gasteiger partial charge in [0.15, 0.2) is 0 Å². The van der Waals surface area contributed by atoms with Crippen molar-refractivity contribution in [2.45, 2.75) is 51.0 Å². The van der Waals surface area contributed by atoms with E-state index in [0.29, 0.717) is 12.1 Å². The van der Waals surface area contributed by atoms with Crippen molar-refractivity contribution in [2.75, 3.05) is 11.9 Å². The Bertz CT molecular complexity index is 936. The van der Waals surface area contributed by atoms with Crippen molar-refractivity contribution < 1.29 is 13.2 Å². The predicted octanol–water partition coefficient (Wildman–Crippen LogP) is 4.12. The molecule has 1 fully saturated rings. The zero-order valence-corrected chi connectivity index (χ0v) is 16.8. The number of anilines is 1. The Hall–Kier alpha value is -2.18. The lowest BCUT2D eigenvalue weighted by Crippen LogP contribution is -2.41. The number of hydrogen-bond acceptors (Lipinski definition) is 3. The number of rotatable bonds is 4. The molecule has 0 radical (unpaired) electrons. The molecule has 1 aliphatic rings. The average molecular weight is 387 g/mol. The third-order valence-electron chi connectivity index (χ3n) is 5.10. The number of carbonyl (C=O) groups is 1. The van der Waals surface area contributed by atoms with Crippen molar-refractivity contribution in [3.05, 3.63) is 59.2 Å².